The molecule has 0 radical (unpaired) electrons. The summed E-state index contributed by atoms with van der Waals surface area (Å²) in [7, 11) is -1.11. The molecule has 0 saturated heterocycles. The van der Waals surface area contributed by atoms with E-state index in [1.807, 2.05) is 0 Å². The third kappa shape index (κ3) is 3.95. The minimum absolute atomic E-state index is 0.104. The van der Waals surface area contributed by atoms with Crippen molar-refractivity contribution in [3.8, 4) is 0 Å². The van der Waals surface area contributed by atoms with Crippen LogP contribution in [-0.2, 0) is 17.3 Å². The van der Waals surface area contributed by atoms with Gasteiger partial charge in [-0.3, -0.25) is 9.00 Å². The SMILES string of the molecule is Nc1ccc(=O)n(CCCS(=O)c2cccc(Cl)c2)c1. The van der Waals surface area contributed by atoms with Gasteiger partial charge >= 0.3 is 0 Å². The van der Waals surface area contributed by atoms with E-state index in [2.05, 4.69) is 0 Å². The molecule has 6 heteroatoms. The molecule has 2 N–H and O–H groups in total. The number of aromatic nitrogens is 1. The Bertz CT molecular complexity index is 685. The summed E-state index contributed by atoms with van der Waals surface area (Å²) in [5, 5.41) is 0.572. The Morgan fingerprint density at radius 2 is 2.05 bits per heavy atom. The Kier molecular flexibility index (Phi) is 4.98. The highest BCUT2D eigenvalue weighted by Crippen LogP contribution is 2.14. The van der Waals surface area contributed by atoms with Gasteiger partial charge in [0.1, 0.15) is 0 Å². The number of nitrogen functional groups attached to an aromatic ring is 1. The first-order valence-corrected chi connectivity index (χ1v) is 7.86. The van der Waals surface area contributed by atoms with Gasteiger partial charge in [-0.25, -0.2) is 0 Å². The molecule has 1 aromatic carbocycles. The van der Waals surface area contributed by atoms with Crippen molar-refractivity contribution in [1.29, 1.82) is 0 Å². The fourth-order valence-electron chi connectivity index (χ4n) is 1.82. The largest absolute Gasteiger partial charge is 0.398 e. The van der Waals surface area contributed by atoms with E-state index in [0.717, 1.165) is 0 Å². The van der Waals surface area contributed by atoms with Gasteiger partial charge in [-0.1, -0.05) is 17.7 Å². The molecular weight excluding hydrogens is 296 g/mol. The van der Waals surface area contributed by atoms with Crippen molar-refractivity contribution in [2.45, 2.75) is 17.9 Å². The number of pyridine rings is 1. The Morgan fingerprint density at radius 3 is 2.80 bits per heavy atom. The number of halogens is 1. The second kappa shape index (κ2) is 6.72. The number of rotatable bonds is 5. The van der Waals surface area contributed by atoms with E-state index in [1.165, 1.54) is 10.6 Å². The molecule has 1 heterocycles. The second-order valence-corrected chi connectivity index (χ2v) is 6.36. The zero-order valence-electron chi connectivity index (χ0n) is 10.8. The maximum absolute atomic E-state index is 12.1. The molecule has 0 spiro atoms. The minimum Gasteiger partial charge on any atom is -0.398 e. The average Bonchev–Trinajstić information content (AvgIpc) is 2.42. The summed E-state index contributed by atoms with van der Waals surface area (Å²) in [5.41, 5.74) is 6.07. The lowest BCUT2D eigenvalue weighted by atomic mass is 10.4. The van der Waals surface area contributed by atoms with Crippen LogP contribution in [0.1, 0.15) is 6.42 Å². The number of benzene rings is 1. The highest BCUT2D eigenvalue weighted by molar-refractivity contribution is 7.85. The molecule has 106 valence electrons. The zero-order chi connectivity index (χ0) is 14.5. The molecule has 0 saturated carbocycles. The molecule has 0 bridgehead atoms. The minimum atomic E-state index is -1.11. The molecule has 4 nitrogen and oxygen atoms in total. The van der Waals surface area contributed by atoms with Gasteiger partial charge in [-0.05, 0) is 30.7 Å². The highest BCUT2D eigenvalue weighted by Gasteiger charge is 2.05. The molecule has 1 atom stereocenters. The molecular formula is C14H15ClN2O2S. The van der Waals surface area contributed by atoms with Gasteiger partial charge in [0.25, 0.3) is 5.56 Å². The van der Waals surface area contributed by atoms with Gasteiger partial charge in [0.05, 0.1) is 10.8 Å². The van der Waals surface area contributed by atoms with E-state index in [4.69, 9.17) is 17.3 Å². The van der Waals surface area contributed by atoms with E-state index >= 15 is 0 Å². The van der Waals surface area contributed by atoms with E-state index in [0.29, 0.717) is 34.3 Å². The van der Waals surface area contributed by atoms with Gasteiger partial charge in [0, 0.05) is 40.2 Å². The van der Waals surface area contributed by atoms with Crippen molar-refractivity contribution in [1.82, 2.24) is 4.57 Å². The van der Waals surface area contributed by atoms with Crippen LogP contribution in [0.2, 0.25) is 5.02 Å². The summed E-state index contributed by atoms with van der Waals surface area (Å²) >= 11 is 5.86. The van der Waals surface area contributed by atoms with Crippen molar-refractivity contribution in [2.75, 3.05) is 11.5 Å². The molecule has 20 heavy (non-hydrogen) atoms. The molecule has 0 amide bonds. The van der Waals surface area contributed by atoms with Crippen LogP contribution in [-0.4, -0.2) is 14.5 Å². The number of hydrogen-bond acceptors (Lipinski definition) is 3. The third-order valence-corrected chi connectivity index (χ3v) is 4.47. The summed E-state index contributed by atoms with van der Waals surface area (Å²) in [5.74, 6) is 0.474. The topological polar surface area (TPSA) is 65.1 Å². The van der Waals surface area contributed by atoms with E-state index < -0.39 is 10.8 Å². The first-order chi connectivity index (χ1) is 9.56. The van der Waals surface area contributed by atoms with Crippen molar-refractivity contribution < 1.29 is 4.21 Å². The van der Waals surface area contributed by atoms with Crippen molar-refractivity contribution in [2.24, 2.45) is 0 Å². The molecule has 0 aliphatic rings. The smallest absolute Gasteiger partial charge is 0.250 e. The lowest BCUT2D eigenvalue weighted by Gasteiger charge is -2.06. The van der Waals surface area contributed by atoms with Gasteiger partial charge in [-0.2, -0.15) is 0 Å². The Balaban J connectivity index is 1.94. The maximum atomic E-state index is 12.1. The quantitative estimate of drug-likeness (QED) is 0.921. The van der Waals surface area contributed by atoms with E-state index in [9.17, 15) is 9.00 Å². The van der Waals surface area contributed by atoms with Crippen molar-refractivity contribution in [3.05, 3.63) is 58.0 Å². The predicted molar refractivity (Wildman–Crippen MR) is 82.5 cm³/mol. The molecule has 1 unspecified atom stereocenters. The first kappa shape index (κ1) is 14.8. The third-order valence-electron chi connectivity index (χ3n) is 2.79. The van der Waals surface area contributed by atoms with Gasteiger partial charge in [0.2, 0.25) is 0 Å². The molecule has 2 aromatic rings. The lowest BCUT2D eigenvalue weighted by Crippen LogP contribution is -2.19. The summed E-state index contributed by atoms with van der Waals surface area (Å²) in [6.45, 7) is 0.496. The van der Waals surface area contributed by atoms with Crippen LogP contribution in [0, 0.1) is 0 Å². The Hall–Kier alpha value is -1.59. The molecule has 2 rings (SSSR count). The monoisotopic (exact) mass is 310 g/mol. The van der Waals surface area contributed by atoms with Gasteiger partial charge in [0.15, 0.2) is 0 Å². The zero-order valence-corrected chi connectivity index (χ0v) is 12.4. The van der Waals surface area contributed by atoms with Gasteiger partial charge in [-0.15, -0.1) is 0 Å². The number of hydrogen-bond donors (Lipinski definition) is 1. The summed E-state index contributed by atoms with van der Waals surface area (Å²) < 4.78 is 13.6. The second-order valence-electron chi connectivity index (χ2n) is 4.35. The number of anilines is 1. The predicted octanol–water partition coefficient (Wildman–Crippen LogP) is 2.28. The van der Waals surface area contributed by atoms with Crippen molar-refractivity contribution in [3.63, 3.8) is 0 Å². The highest BCUT2D eigenvalue weighted by atomic mass is 35.5. The average molecular weight is 311 g/mol. The van der Waals surface area contributed by atoms with Crippen LogP contribution in [0.3, 0.4) is 0 Å². The van der Waals surface area contributed by atoms with Crippen LogP contribution in [0.15, 0.2) is 52.3 Å². The standard InChI is InChI=1S/C14H15ClN2O2S/c15-11-3-1-4-13(9-11)20(19)8-2-7-17-10-12(16)5-6-14(17)18/h1,3-6,9-10H,2,7-8,16H2. The first-order valence-electron chi connectivity index (χ1n) is 6.16. The molecule has 1 aromatic heterocycles. The summed E-state index contributed by atoms with van der Waals surface area (Å²) in [6.07, 6.45) is 2.23. The molecule has 0 aliphatic heterocycles. The van der Waals surface area contributed by atoms with E-state index in [-0.39, 0.29) is 5.56 Å². The fraction of sp³-hybridized carbons (Fsp3) is 0.214. The van der Waals surface area contributed by atoms with Crippen LogP contribution >= 0.6 is 11.6 Å². The summed E-state index contributed by atoms with van der Waals surface area (Å²) in [4.78, 5) is 12.3. The van der Waals surface area contributed by atoms with Crippen molar-refractivity contribution >= 4 is 28.1 Å². The maximum Gasteiger partial charge on any atom is 0.250 e. The Labute approximate surface area is 124 Å². The van der Waals surface area contributed by atoms with Crippen LogP contribution in [0.25, 0.3) is 0 Å². The van der Waals surface area contributed by atoms with Crippen LogP contribution < -0.4 is 11.3 Å². The van der Waals surface area contributed by atoms with Crippen LogP contribution in [0.5, 0.6) is 0 Å². The molecule has 0 fully saturated rings. The van der Waals surface area contributed by atoms with Crippen LogP contribution in [0.4, 0.5) is 5.69 Å². The lowest BCUT2D eigenvalue weighted by molar-refractivity contribution is 0.644. The fourth-order valence-corrected chi connectivity index (χ4v) is 3.19. The summed E-state index contributed by atoms with van der Waals surface area (Å²) in [6, 6.07) is 10.0. The number of nitrogens with two attached hydrogens (primary N) is 1. The number of nitrogens with zero attached hydrogens (tertiary/aromatic N) is 1. The van der Waals surface area contributed by atoms with E-state index in [1.54, 1.807) is 36.5 Å². The number of aryl methyl sites for hydroxylation is 1. The molecule has 0 aliphatic carbocycles. The Morgan fingerprint density at radius 1 is 1.25 bits per heavy atom. The normalized spacial score (nSPS) is 12.2. The van der Waals surface area contributed by atoms with Gasteiger partial charge < -0.3 is 10.3 Å².